The van der Waals surface area contributed by atoms with Gasteiger partial charge >= 0.3 is 0 Å². The Morgan fingerprint density at radius 3 is 2.79 bits per heavy atom. The van der Waals surface area contributed by atoms with E-state index < -0.39 is 0 Å². The number of nitrogens with zero attached hydrogens (tertiary/aromatic N) is 1. The van der Waals surface area contributed by atoms with Crippen LogP contribution in [-0.4, -0.2) is 57.1 Å². The summed E-state index contributed by atoms with van der Waals surface area (Å²) < 4.78 is 16.8. The first kappa shape index (κ1) is 19.7. The summed E-state index contributed by atoms with van der Waals surface area (Å²) in [5, 5.41) is 8.01. The van der Waals surface area contributed by atoms with E-state index in [4.69, 9.17) is 14.2 Å². The molecule has 0 radical (unpaired) electrons. The van der Waals surface area contributed by atoms with Gasteiger partial charge in [0.15, 0.2) is 17.5 Å². The van der Waals surface area contributed by atoms with Crippen LogP contribution in [-0.2, 0) is 10.2 Å². The summed E-state index contributed by atoms with van der Waals surface area (Å²) in [4.78, 5) is 4.48. The number of rotatable bonds is 5. The summed E-state index contributed by atoms with van der Waals surface area (Å²) in [5.74, 6) is 2.58. The lowest BCUT2D eigenvalue weighted by atomic mass is 9.74. The molecule has 1 saturated heterocycles. The quantitative estimate of drug-likeness (QED) is 0.580. The average Bonchev–Trinajstić information content (AvgIpc) is 3.40. The average molecular weight is 406 g/mol. The number of fused-ring (bicyclic) bond motifs is 1. The summed E-state index contributed by atoms with van der Waals surface area (Å²) >= 11 is 1.98. The molecule has 2 fully saturated rings. The molecule has 2 atom stereocenters. The molecular weight excluding hydrogens is 374 g/mol. The maximum Gasteiger partial charge on any atom is 0.231 e. The first-order valence-electron chi connectivity index (χ1n) is 10.2. The van der Waals surface area contributed by atoms with Crippen LogP contribution in [0.15, 0.2) is 23.2 Å². The van der Waals surface area contributed by atoms with Gasteiger partial charge in [0, 0.05) is 43.5 Å². The molecule has 2 unspecified atom stereocenters. The molecular formula is C21H31N3O3S. The van der Waals surface area contributed by atoms with Crippen molar-refractivity contribution in [2.75, 3.05) is 39.9 Å². The van der Waals surface area contributed by atoms with E-state index in [0.29, 0.717) is 12.8 Å². The summed E-state index contributed by atoms with van der Waals surface area (Å²) in [6, 6.07) is 6.87. The van der Waals surface area contributed by atoms with E-state index in [1.165, 1.54) is 24.8 Å². The van der Waals surface area contributed by atoms with E-state index in [-0.39, 0.29) is 5.41 Å². The van der Waals surface area contributed by atoms with Crippen molar-refractivity contribution in [3.63, 3.8) is 0 Å². The maximum atomic E-state index is 5.67. The number of guanidine groups is 1. The highest BCUT2D eigenvalue weighted by Crippen LogP contribution is 2.40. The Bertz CT molecular complexity index is 706. The SMILES string of the molecule is CN=C(NCC1(c2ccc3c(c2)OCO3)CCOCC1)NC1CCC(SC)C1. The highest BCUT2D eigenvalue weighted by atomic mass is 32.2. The summed E-state index contributed by atoms with van der Waals surface area (Å²) in [7, 11) is 1.85. The molecule has 2 heterocycles. The minimum atomic E-state index is 0.00827. The van der Waals surface area contributed by atoms with Gasteiger partial charge in [-0.15, -0.1) is 0 Å². The van der Waals surface area contributed by atoms with Crippen LogP contribution in [0.2, 0.25) is 0 Å². The number of thioether (sulfide) groups is 1. The van der Waals surface area contributed by atoms with Gasteiger partial charge < -0.3 is 24.8 Å². The molecule has 7 heteroatoms. The lowest BCUT2D eigenvalue weighted by Gasteiger charge is -2.38. The standard InChI is InChI=1S/C21H31N3O3S/c1-22-20(24-16-4-5-17(12-16)28-2)23-13-21(7-9-25-10-8-21)15-3-6-18-19(11-15)27-14-26-18/h3,6,11,16-17H,4-5,7-10,12-14H2,1-2H3,(H2,22,23,24). The highest BCUT2D eigenvalue weighted by molar-refractivity contribution is 7.99. The van der Waals surface area contributed by atoms with Crippen LogP contribution in [0.25, 0.3) is 0 Å². The molecule has 0 aromatic heterocycles. The first-order valence-corrected chi connectivity index (χ1v) is 11.5. The second kappa shape index (κ2) is 8.82. The van der Waals surface area contributed by atoms with Gasteiger partial charge in [0.05, 0.1) is 0 Å². The first-order chi connectivity index (χ1) is 13.7. The summed E-state index contributed by atoms with van der Waals surface area (Å²) in [6.45, 7) is 2.69. The van der Waals surface area contributed by atoms with Gasteiger partial charge in [0.25, 0.3) is 0 Å². The van der Waals surface area contributed by atoms with Crippen LogP contribution in [0.5, 0.6) is 11.5 Å². The van der Waals surface area contributed by atoms with Gasteiger partial charge in [0.2, 0.25) is 6.79 Å². The third-order valence-corrected chi connectivity index (χ3v) is 7.41. The fraction of sp³-hybridized carbons (Fsp3) is 0.667. The molecule has 6 nitrogen and oxygen atoms in total. The van der Waals surface area contributed by atoms with Crippen LogP contribution < -0.4 is 20.1 Å². The van der Waals surface area contributed by atoms with E-state index in [1.807, 2.05) is 24.9 Å². The predicted molar refractivity (Wildman–Crippen MR) is 114 cm³/mol. The Morgan fingerprint density at radius 2 is 2.04 bits per heavy atom. The number of benzene rings is 1. The minimum absolute atomic E-state index is 0.00827. The van der Waals surface area contributed by atoms with Crippen LogP contribution in [0, 0.1) is 0 Å². The molecule has 1 aromatic rings. The molecule has 0 spiro atoms. The minimum Gasteiger partial charge on any atom is -0.454 e. The normalized spacial score (nSPS) is 26.3. The van der Waals surface area contributed by atoms with Crippen LogP contribution >= 0.6 is 11.8 Å². The number of hydrogen-bond donors (Lipinski definition) is 2. The lowest BCUT2D eigenvalue weighted by molar-refractivity contribution is 0.0513. The zero-order chi connectivity index (χ0) is 19.4. The number of aliphatic imine (C=N–C) groups is 1. The van der Waals surface area contributed by atoms with Gasteiger partial charge in [0.1, 0.15) is 0 Å². The number of hydrogen-bond acceptors (Lipinski definition) is 5. The molecule has 2 aliphatic heterocycles. The van der Waals surface area contributed by atoms with Crippen molar-refractivity contribution in [2.24, 2.45) is 4.99 Å². The van der Waals surface area contributed by atoms with Gasteiger partial charge in [-0.2, -0.15) is 11.8 Å². The van der Waals surface area contributed by atoms with E-state index >= 15 is 0 Å². The Morgan fingerprint density at radius 1 is 1.21 bits per heavy atom. The topological polar surface area (TPSA) is 64.1 Å². The van der Waals surface area contributed by atoms with Crippen molar-refractivity contribution >= 4 is 17.7 Å². The van der Waals surface area contributed by atoms with Crippen LogP contribution in [0.1, 0.15) is 37.7 Å². The molecule has 1 aliphatic carbocycles. The summed E-state index contributed by atoms with van der Waals surface area (Å²) in [5.41, 5.74) is 1.29. The smallest absolute Gasteiger partial charge is 0.231 e. The zero-order valence-electron chi connectivity index (χ0n) is 16.8. The van der Waals surface area contributed by atoms with Crippen molar-refractivity contribution in [3.05, 3.63) is 23.8 Å². The van der Waals surface area contributed by atoms with Gasteiger partial charge in [-0.1, -0.05) is 6.07 Å². The van der Waals surface area contributed by atoms with Crippen molar-refractivity contribution in [2.45, 2.75) is 48.8 Å². The summed E-state index contributed by atoms with van der Waals surface area (Å²) in [6.07, 6.45) is 7.88. The Kier molecular flexibility index (Phi) is 6.21. The molecule has 4 rings (SSSR count). The van der Waals surface area contributed by atoms with Crippen molar-refractivity contribution in [3.8, 4) is 11.5 Å². The third-order valence-electron chi connectivity index (χ3n) is 6.31. The highest BCUT2D eigenvalue weighted by Gasteiger charge is 2.36. The molecule has 1 aromatic carbocycles. The van der Waals surface area contributed by atoms with Crippen molar-refractivity contribution in [1.82, 2.24) is 10.6 Å². The zero-order valence-corrected chi connectivity index (χ0v) is 17.6. The fourth-order valence-corrected chi connectivity index (χ4v) is 5.28. The maximum absolute atomic E-state index is 5.67. The molecule has 1 saturated carbocycles. The van der Waals surface area contributed by atoms with Crippen molar-refractivity contribution in [1.29, 1.82) is 0 Å². The number of ether oxygens (including phenoxy) is 3. The largest absolute Gasteiger partial charge is 0.454 e. The van der Waals surface area contributed by atoms with Gasteiger partial charge in [-0.25, -0.2) is 0 Å². The Balaban J connectivity index is 1.44. The van der Waals surface area contributed by atoms with E-state index in [9.17, 15) is 0 Å². The molecule has 28 heavy (non-hydrogen) atoms. The van der Waals surface area contributed by atoms with E-state index in [1.54, 1.807) is 0 Å². The monoisotopic (exact) mass is 405 g/mol. The van der Waals surface area contributed by atoms with Crippen LogP contribution in [0.4, 0.5) is 0 Å². The molecule has 0 bridgehead atoms. The van der Waals surface area contributed by atoms with E-state index in [0.717, 1.165) is 55.3 Å². The van der Waals surface area contributed by atoms with Crippen molar-refractivity contribution < 1.29 is 14.2 Å². The van der Waals surface area contributed by atoms with Gasteiger partial charge in [-0.05, 0) is 56.1 Å². The molecule has 0 amide bonds. The van der Waals surface area contributed by atoms with E-state index in [2.05, 4.69) is 34.0 Å². The number of nitrogens with one attached hydrogen (secondary N) is 2. The second-order valence-corrected chi connectivity index (χ2v) is 9.04. The molecule has 2 N–H and O–H groups in total. The van der Waals surface area contributed by atoms with Crippen LogP contribution in [0.3, 0.4) is 0 Å². The molecule has 3 aliphatic rings. The van der Waals surface area contributed by atoms with Gasteiger partial charge in [-0.3, -0.25) is 4.99 Å². The fourth-order valence-electron chi connectivity index (χ4n) is 4.48. The second-order valence-electron chi connectivity index (χ2n) is 7.90. The Hall–Kier alpha value is -1.60. The lowest BCUT2D eigenvalue weighted by Crippen LogP contribution is -2.49. The molecule has 154 valence electrons. The Labute approximate surface area is 171 Å². The predicted octanol–water partition coefficient (Wildman–Crippen LogP) is 2.91. The third kappa shape index (κ3) is 4.20.